The number of nitrogens with one attached hydrogen (secondary N) is 2. The van der Waals surface area contributed by atoms with E-state index < -0.39 is 5.97 Å². The Morgan fingerprint density at radius 1 is 0.943 bits per heavy atom. The van der Waals surface area contributed by atoms with Gasteiger partial charge in [0.2, 0.25) is 0 Å². The van der Waals surface area contributed by atoms with Crippen molar-refractivity contribution in [2.75, 3.05) is 6.54 Å². The Labute approximate surface area is 206 Å². The lowest BCUT2D eigenvalue weighted by Gasteiger charge is -2.24. The van der Waals surface area contributed by atoms with E-state index in [1.165, 1.54) is 5.56 Å². The SMILES string of the molecule is NCC(CCc1ccc(OCc2ccccc2)cc1)N[C@H](CC(=O)O)Cc1c[nH]c2ccccc12. The summed E-state index contributed by atoms with van der Waals surface area (Å²) in [5, 5.41) is 14.1. The molecule has 35 heavy (non-hydrogen) atoms. The Morgan fingerprint density at radius 2 is 1.69 bits per heavy atom. The van der Waals surface area contributed by atoms with Crippen LogP contribution in [-0.2, 0) is 24.2 Å². The van der Waals surface area contributed by atoms with Crippen LogP contribution >= 0.6 is 0 Å². The summed E-state index contributed by atoms with van der Waals surface area (Å²) >= 11 is 0. The van der Waals surface area contributed by atoms with Crippen LogP contribution in [0.25, 0.3) is 10.9 Å². The lowest BCUT2D eigenvalue weighted by atomic mass is 9.99. The molecule has 5 N–H and O–H groups in total. The highest BCUT2D eigenvalue weighted by Crippen LogP contribution is 2.21. The molecule has 3 aromatic carbocycles. The van der Waals surface area contributed by atoms with Gasteiger partial charge in [-0.15, -0.1) is 0 Å². The summed E-state index contributed by atoms with van der Waals surface area (Å²) in [5.74, 6) is 0.0237. The van der Waals surface area contributed by atoms with E-state index in [4.69, 9.17) is 10.5 Å². The first-order valence-electron chi connectivity index (χ1n) is 12.1. The van der Waals surface area contributed by atoms with Crippen LogP contribution in [0.2, 0.25) is 0 Å². The Morgan fingerprint density at radius 3 is 2.43 bits per heavy atom. The number of aryl methyl sites for hydroxylation is 1. The van der Waals surface area contributed by atoms with E-state index in [0.29, 0.717) is 19.6 Å². The number of ether oxygens (including phenoxy) is 1. The van der Waals surface area contributed by atoms with E-state index in [1.54, 1.807) is 0 Å². The quantitative estimate of drug-likeness (QED) is 0.227. The number of fused-ring (bicyclic) bond motifs is 1. The van der Waals surface area contributed by atoms with Gasteiger partial charge in [0.05, 0.1) is 6.42 Å². The van der Waals surface area contributed by atoms with Gasteiger partial charge in [-0.1, -0.05) is 60.7 Å². The van der Waals surface area contributed by atoms with Crippen molar-refractivity contribution in [3.63, 3.8) is 0 Å². The zero-order chi connectivity index (χ0) is 24.5. The summed E-state index contributed by atoms with van der Waals surface area (Å²) in [6.45, 7) is 0.989. The van der Waals surface area contributed by atoms with Gasteiger partial charge in [0, 0.05) is 35.7 Å². The summed E-state index contributed by atoms with van der Waals surface area (Å²) in [6, 6.07) is 26.1. The molecule has 0 saturated carbocycles. The summed E-state index contributed by atoms with van der Waals surface area (Å²) in [5.41, 5.74) is 10.6. The average Bonchev–Trinajstić information content (AvgIpc) is 3.29. The Kier molecular flexibility index (Phi) is 8.54. The number of aromatic nitrogens is 1. The van der Waals surface area contributed by atoms with Crippen LogP contribution in [0.15, 0.2) is 85.1 Å². The van der Waals surface area contributed by atoms with Gasteiger partial charge in [-0.3, -0.25) is 4.79 Å². The number of benzene rings is 3. The van der Waals surface area contributed by atoms with Crippen LogP contribution in [0.1, 0.15) is 29.5 Å². The predicted molar refractivity (Wildman–Crippen MR) is 140 cm³/mol. The molecule has 6 nitrogen and oxygen atoms in total. The fourth-order valence-electron chi connectivity index (χ4n) is 4.40. The highest BCUT2D eigenvalue weighted by atomic mass is 16.5. The lowest BCUT2D eigenvalue weighted by Crippen LogP contribution is -2.45. The molecular formula is C29H33N3O3. The second-order valence-electron chi connectivity index (χ2n) is 8.91. The van der Waals surface area contributed by atoms with Crippen LogP contribution in [0, 0.1) is 0 Å². The van der Waals surface area contributed by atoms with Gasteiger partial charge in [0.25, 0.3) is 0 Å². The van der Waals surface area contributed by atoms with Gasteiger partial charge in [-0.25, -0.2) is 0 Å². The number of hydrogen-bond acceptors (Lipinski definition) is 4. The van der Waals surface area contributed by atoms with Crippen LogP contribution in [0.4, 0.5) is 0 Å². The topological polar surface area (TPSA) is 100 Å². The van der Waals surface area contributed by atoms with Crippen molar-refractivity contribution < 1.29 is 14.6 Å². The van der Waals surface area contributed by atoms with Gasteiger partial charge < -0.3 is 25.9 Å². The number of aromatic amines is 1. The van der Waals surface area contributed by atoms with E-state index in [-0.39, 0.29) is 18.5 Å². The van der Waals surface area contributed by atoms with Crippen molar-refractivity contribution >= 4 is 16.9 Å². The van der Waals surface area contributed by atoms with Gasteiger partial charge in [-0.2, -0.15) is 0 Å². The van der Waals surface area contributed by atoms with Crippen LogP contribution in [-0.4, -0.2) is 34.7 Å². The van der Waals surface area contributed by atoms with Crippen molar-refractivity contribution in [3.8, 4) is 5.75 Å². The number of rotatable bonds is 13. The molecule has 1 aromatic heterocycles. The third-order valence-corrected chi connectivity index (χ3v) is 6.27. The predicted octanol–water partition coefficient (Wildman–Crippen LogP) is 4.68. The molecule has 0 aliphatic rings. The van der Waals surface area contributed by atoms with Gasteiger partial charge in [-0.05, 0) is 54.2 Å². The highest BCUT2D eigenvalue weighted by Gasteiger charge is 2.19. The molecule has 0 spiro atoms. The second kappa shape index (κ2) is 12.2. The molecule has 182 valence electrons. The molecule has 6 heteroatoms. The Balaban J connectivity index is 1.31. The number of hydrogen-bond donors (Lipinski definition) is 4. The van der Waals surface area contributed by atoms with Crippen molar-refractivity contribution in [1.82, 2.24) is 10.3 Å². The fourth-order valence-corrected chi connectivity index (χ4v) is 4.40. The first kappa shape index (κ1) is 24.5. The number of H-pyrrole nitrogens is 1. The number of nitrogens with two attached hydrogens (primary N) is 1. The Bertz CT molecular complexity index is 1200. The molecule has 0 fully saturated rings. The van der Waals surface area contributed by atoms with Gasteiger partial charge in [0.1, 0.15) is 12.4 Å². The van der Waals surface area contributed by atoms with E-state index in [9.17, 15) is 9.90 Å². The van der Waals surface area contributed by atoms with E-state index in [0.717, 1.165) is 40.6 Å². The maximum Gasteiger partial charge on any atom is 0.304 e. The van der Waals surface area contributed by atoms with Crippen molar-refractivity contribution in [1.29, 1.82) is 0 Å². The van der Waals surface area contributed by atoms with Gasteiger partial charge in [0.15, 0.2) is 0 Å². The molecule has 0 saturated heterocycles. The largest absolute Gasteiger partial charge is 0.489 e. The molecule has 0 amide bonds. The maximum atomic E-state index is 11.5. The number of carbonyl (C=O) groups is 1. The summed E-state index contributed by atoms with van der Waals surface area (Å²) in [4.78, 5) is 14.8. The van der Waals surface area contributed by atoms with Crippen molar-refractivity contribution in [2.24, 2.45) is 5.73 Å². The second-order valence-corrected chi connectivity index (χ2v) is 8.91. The van der Waals surface area contributed by atoms with Crippen molar-refractivity contribution in [2.45, 2.75) is 44.4 Å². The van der Waals surface area contributed by atoms with E-state index in [1.807, 2.05) is 66.9 Å². The zero-order valence-electron chi connectivity index (χ0n) is 19.8. The molecule has 0 aliphatic carbocycles. The molecule has 2 atom stereocenters. The number of carboxylic acid groups (broad SMARTS) is 1. The molecule has 1 unspecified atom stereocenters. The molecule has 1 heterocycles. The normalized spacial score (nSPS) is 12.9. The third kappa shape index (κ3) is 7.18. The van der Waals surface area contributed by atoms with Gasteiger partial charge >= 0.3 is 5.97 Å². The standard InChI is InChI=1S/C29H33N3O3/c30-18-24(13-10-21-11-14-26(15-12-21)35-20-22-6-2-1-3-7-22)32-25(17-29(33)34)16-23-19-31-28-9-5-4-8-27(23)28/h1-9,11-12,14-15,19,24-25,31-32H,10,13,16-18,20,30H2,(H,33,34)/t24?,25-/m0/s1. The zero-order valence-corrected chi connectivity index (χ0v) is 19.8. The molecule has 4 aromatic rings. The number of para-hydroxylation sites is 1. The van der Waals surface area contributed by atoms with Crippen LogP contribution in [0.5, 0.6) is 5.75 Å². The van der Waals surface area contributed by atoms with Crippen LogP contribution < -0.4 is 15.8 Å². The summed E-state index contributed by atoms with van der Waals surface area (Å²) in [7, 11) is 0. The monoisotopic (exact) mass is 471 g/mol. The van der Waals surface area contributed by atoms with Crippen molar-refractivity contribution in [3.05, 3.63) is 102 Å². The Hall–Kier alpha value is -3.61. The molecule has 0 aliphatic heterocycles. The molecule has 0 radical (unpaired) electrons. The molecular weight excluding hydrogens is 438 g/mol. The lowest BCUT2D eigenvalue weighted by molar-refractivity contribution is -0.137. The minimum Gasteiger partial charge on any atom is -0.489 e. The fraction of sp³-hybridized carbons (Fsp3) is 0.276. The first-order chi connectivity index (χ1) is 17.1. The smallest absolute Gasteiger partial charge is 0.304 e. The highest BCUT2D eigenvalue weighted by molar-refractivity contribution is 5.83. The minimum absolute atomic E-state index is 0.0264. The first-order valence-corrected chi connectivity index (χ1v) is 12.1. The van der Waals surface area contributed by atoms with E-state index in [2.05, 4.69) is 28.5 Å². The number of aliphatic carboxylic acids is 1. The van der Waals surface area contributed by atoms with E-state index >= 15 is 0 Å². The molecule has 4 rings (SSSR count). The maximum absolute atomic E-state index is 11.5. The minimum atomic E-state index is -0.816. The third-order valence-electron chi connectivity index (χ3n) is 6.27. The summed E-state index contributed by atoms with van der Waals surface area (Å²) < 4.78 is 5.87. The van der Waals surface area contributed by atoms with Crippen LogP contribution in [0.3, 0.4) is 0 Å². The average molecular weight is 472 g/mol. The summed E-state index contributed by atoms with van der Waals surface area (Å²) in [6.07, 6.45) is 4.31. The molecule has 0 bridgehead atoms. The number of carboxylic acids is 1.